The van der Waals surface area contributed by atoms with Crippen molar-refractivity contribution in [2.75, 3.05) is 57.9 Å². The molecule has 0 N–H and O–H groups in total. The molecule has 0 radical (unpaired) electrons. The van der Waals surface area contributed by atoms with Crippen LogP contribution in [0.15, 0.2) is 12.4 Å². The summed E-state index contributed by atoms with van der Waals surface area (Å²) in [7, 11) is 1.63. The number of likely N-dealkylation sites (N-methyl/N-ethyl adjacent to an activating group) is 1. The number of ether oxygens (including phenoxy) is 2. The zero-order chi connectivity index (χ0) is 13.5. The fourth-order valence-corrected chi connectivity index (χ4v) is 2.18. The summed E-state index contributed by atoms with van der Waals surface area (Å²) in [5, 5.41) is 0. The summed E-state index contributed by atoms with van der Waals surface area (Å²) in [6.45, 7) is 8.63. The minimum atomic E-state index is 0.589. The van der Waals surface area contributed by atoms with Crippen LogP contribution in [0.25, 0.3) is 0 Å². The summed E-state index contributed by atoms with van der Waals surface area (Å²) in [4.78, 5) is 13.2. The van der Waals surface area contributed by atoms with Crippen molar-refractivity contribution in [2.24, 2.45) is 0 Å². The fourth-order valence-electron chi connectivity index (χ4n) is 2.18. The quantitative estimate of drug-likeness (QED) is 0.753. The molecule has 6 heteroatoms. The van der Waals surface area contributed by atoms with Crippen LogP contribution in [0.2, 0.25) is 0 Å². The molecule has 1 saturated heterocycles. The van der Waals surface area contributed by atoms with Gasteiger partial charge in [-0.2, -0.15) is 0 Å². The van der Waals surface area contributed by atoms with E-state index in [9.17, 15) is 0 Å². The minimum absolute atomic E-state index is 0.589. The van der Waals surface area contributed by atoms with Gasteiger partial charge in [-0.25, -0.2) is 9.97 Å². The molecule has 0 amide bonds. The molecule has 0 unspecified atom stereocenters. The van der Waals surface area contributed by atoms with E-state index in [-0.39, 0.29) is 0 Å². The predicted octanol–water partition coefficient (Wildman–Crippen LogP) is 0.644. The summed E-state index contributed by atoms with van der Waals surface area (Å²) in [6.07, 6.45) is 3.35. The van der Waals surface area contributed by atoms with Gasteiger partial charge in [0.05, 0.1) is 20.3 Å². The minimum Gasteiger partial charge on any atom is -0.478 e. The van der Waals surface area contributed by atoms with Crippen LogP contribution in [-0.4, -0.2) is 67.9 Å². The Morgan fingerprint density at radius 1 is 1.32 bits per heavy atom. The maximum absolute atomic E-state index is 5.36. The van der Waals surface area contributed by atoms with Crippen molar-refractivity contribution >= 4 is 5.82 Å². The number of nitrogens with zero attached hydrogens (tertiary/aromatic N) is 4. The Labute approximate surface area is 114 Å². The molecule has 1 aliphatic heterocycles. The summed E-state index contributed by atoms with van der Waals surface area (Å²) >= 11 is 0. The van der Waals surface area contributed by atoms with Crippen LogP contribution in [0.5, 0.6) is 5.88 Å². The fraction of sp³-hybridized carbons (Fsp3) is 0.692. The number of hydrogen-bond acceptors (Lipinski definition) is 6. The van der Waals surface area contributed by atoms with Crippen LogP contribution in [-0.2, 0) is 4.74 Å². The third kappa shape index (κ3) is 3.78. The maximum Gasteiger partial charge on any atom is 0.257 e. The molecule has 0 spiro atoms. The summed E-state index contributed by atoms with van der Waals surface area (Å²) in [5.74, 6) is 1.41. The molecular weight excluding hydrogens is 244 g/mol. The average Bonchev–Trinajstić information content (AvgIpc) is 2.49. The Hall–Kier alpha value is -1.40. The van der Waals surface area contributed by atoms with Gasteiger partial charge in [0.15, 0.2) is 5.82 Å². The second-order valence-electron chi connectivity index (χ2n) is 4.42. The molecule has 0 atom stereocenters. The van der Waals surface area contributed by atoms with Crippen molar-refractivity contribution in [3.63, 3.8) is 0 Å². The Bertz CT molecular complexity index is 383. The van der Waals surface area contributed by atoms with Crippen molar-refractivity contribution in [2.45, 2.75) is 6.92 Å². The van der Waals surface area contributed by atoms with E-state index in [0.717, 1.165) is 51.8 Å². The first kappa shape index (κ1) is 14.0. The standard InChI is InChI=1S/C13H22N4O2/c1-3-17(7-6-16-8-10-19-11-9-16)12-13(18-2)15-5-4-14-12/h4-5H,3,6-11H2,1-2H3. The highest BCUT2D eigenvalue weighted by molar-refractivity contribution is 5.47. The number of anilines is 1. The molecule has 2 heterocycles. The first-order chi connectivity index (χ1) is 9.35. The van der Waals surface area contributed by atoms with Gasteiger partial charge in [-0.1, -0.05) is 0 Å². The molecule has 0 saturated carbocycles. The van der Waals surface area contributed by atoms with Crippen molar-refractivity contribution in [3.8, 4) is 5.88 Å². The third-order valence-corrected chi connectivity index (χ3v) is 3.31. The van der Waals surface area contributed by atoms with E-state index in [1.807, 2.05) is 0 Å². The molecule has 106 valence electrons. The number of morpholine rings is 1. The van der Waals surface area contributed by atoms with Gasteiger partial charge in [-0.05, 0) is 6.92 Å². The Kier molecular flexibility index (Phi) is 5.35. The van der Waals surface area contributed by atoms with E-state index in [1.165, 1.54) is 0 Å². The van der Waals surface area contributed by atoms with Gasteiger partial charge < -0.3 is 14.4 Å². The van der Waals surface area contributed by atoms with E-state index in [4.69, 9.17) is 9.47 Å². The number of hydrogen-bond donors (Lipinski definition) is 0. The number of rotatable bonds is 6. The van der Waals surface area contributed by atoms with Gasteiger partial charge in [0, 0.05) is 45.1 Å². The molecule has 0 aliphatic carbocycles. The average molecular weight is 266 g/mol. The highest BCUT2D eigenvalue weighted by Gasteiger charge is 2.15. The van der Waals surface area contributed by atoms with Gasteiger partial charge in [-0.15, -0.1) is 0 Å². The molecule has 0 aromatic carbocycles. The molecule has 1 fully saturated rings. The van der Waals surface area contributed by atoms with Crippen molar-refractivity contribution in [3.05, 3.63) is 12.4 Å². The van der Waals surface area contributed by atoms with Crippen molar-refractivity contribution in [1.29, 1.82) is 0 Å². The molecular formula is C13H22N4O2. The van der Waals surface area contributed by atoms with Crippen LogP contribution in [0.3, 0.4) is 0 Å². The second kappa shape index (κ2) is 7.25. The molecule has 1 aromatic heterocycles. The second-order valence-corrected chi connectivity index (χ2v) is 4.42. The highest BCUT2D eigenvalue weighted by atomic mass is 16.5. The topological polar surface area (TPSA) is 50.7 Å². The summed E-state index contributed by atoms with van der Waals surface area (Å²) in [6, 6.07) is 0. The molecule has 0 bridgehead atoms. The van der Waals surface area contributed by atoms with Gasteiger partial charge in [-0.3, -0.25) is 4.90 Å². The monoisotopic (exact) mass is 266 g/mol. The van der Waals surface area contributed by atoms with Crippen molar-refractivity contribution < 1.29 is 9.47 Å². The predicted molar refractivity (Wildman–Crippen MR) is 73.7 cm³/mol. The van der Waals surface area contributed by atoms with Crippen LogP contribution in [0.4, 0.5) is 5.82 Å². The smallest absolute Gasteiger partial charge is 0.257 e. The zero-order valence-electron chi connectivity index (χ0n) is 11.7. The zero-order valence-corrected chi connectivity index (χ0v) is 11.7. The lowest BCUT2D eigenvalue weighted by Gasteiger charge is -2.30. The van der Waals surface area contributed by atoms with Crippen molar-refractivity contribution in [1.82, 2.24) is 14.9 Å². The Morgan fingerprint density at radius 2 is 2.05 bits per heavy atom. The van der Waals surface area contributed by atoms with Crippen LogP contribution < -0.4 is 9.64 Å². The molecule has 1 aromatic rings. The molecule has 19 heavy (non-hydrogen) atoms. The first-order valence-corrected chi connectivity index (χ1v) is 6.75. The normalized spacial score (nSPS) is 16.3. The van der Waals surface area contributed by atoms with Gasteiger partial charge in [0.25, 0.3) is 5.88 Å². The molecule has 2 rings (SSSR count). The van der Waals surface area contributed by atoms with E-state index < -0.39 is 0 Å². The number of methoxy groups -OCH3 is 1. The largest absolute Gasteiger partial charge is 0.478 e. The van der Waals surface area contributed by atoms with E-state index >= 15 is 0 Å². The summed E-state index contributed by atoms with van der Waals surface area (Å²) < 4.78 is 10.6. The third-order valence-electron chi connectivity index (χ3n) is 3.31. The maximum atomic E-state index is 5.36. The highest BCUT2D eigenvalue weighted by Crippen LogP contribution is 2.21. The van der Waals surface area contributed by atoms with E-state index in [2.05, 4.69) is 26.7 Å². The summed E-state index contributed by atoms with van der Waals surface area (Å²) in [5.41, 5.74) is 0. The van der Waals surface area contributed by atoms with Crippen LogP contribution >= 0.6 is 0 Å². The molecule has 1 aliphatic rings. The lowest BCUT2D eigenvalue weighted by molar-refractivity contribution is 0.0391. The van der Waals surface area contributed by atoms with Gasteiger partial charge in [0.2, 0.25) is 0 Å². The van der Waals surface area contributed by atoms with Gasteiger partial charge >= 0.3 is 0 Å². The Morgan fingerprint density at radius 3 is 2.74 bits per heavy atom. The van der Waals surface area contributed by atoms with Crippen LogP contribution in [0, 0.1) is 0 Å². The lowest BCUT2D eigenvalue weighted by atomic mass is 10.3. The SMILES string of the molecule is CCN(CCN1CCOCC1)c1nccnc1OC. The lowest BCUT2D eigenvalue weighted by Crippen LogP contribution is -2.41. The van der Waals surface area contributed by atoms with E-state index in [0.29, 0.717) is 5.88 Å². The molecule has 6 nitrogen and oxygen atoms in total. The van der Waals surface area contributed by atoms with E-state index in [1.54, 1.807) is 19.5 Å². The van der Waals surface area contributed by atoms with Crippen LogP contribution in [0.1, 0.15) is 6.92 Å². The Balaban J connectivity index is 1.95. The first-order valence-electron chi connectivity index (χ1n) is 6.75. The number of aromatic nitrogens is 2. The van der Waals surface area contributed by atoms with Gasteiger partial charge in [0.1, 0.15) is 0 Å².